The van der Waals surface area contributed by atoms with Crippen molar-refractivity contribution in [2.75, 3.05) is 13.7 Å². The normalized spacial score (nSPS) is 10.4. The number of aryl methyl sites for hydroxylation is 1. The Kier molecular flexibility index (Phi) is 7.67. The zero-order valence-corrected chi connectivity index (χ0v) is 14.6. The fraction of sp³-hybridized carbons (Fsp3) is 0.267. The molecule has 1 aromatic heterocycles. The van der Waals surface area contributed by atoms with Gasteiger partial charge in [-0.2, -0.15) is 10.4 Å². The van der Waals surface area contributed by atoms with E-state index in [1.165, 1.54) is 11.3 Å². The maximum absolute atomic E-state index is 11.7. The summed E-state index contributed by atoms with van der Waals surface area (Å²) in [6.45, 7) is 3.92. The largest absolute Gasteiger partial charge is 1.00 e. The molecule has 0 aliphatic heterocycles. The molecule has 2 rings (SSSR count). The lowest BCUT2D eigenvalue weighted by Gasteiger charge is -1.97. The summed E-state index contributed by atoms with van der Waals surface area (Å²) in [5.74, 6) is 0.465. The highest BCUT2D eigenvalue weighted by atomic mass is 35.5. The number of methoxy groups -OCH3 is 1. The molecule has 0 amide bonds. The quantitative estimate of drug-likeness (QED) is 0.308. The number of nitrogens with two attached hydrogens (primary N) is 1. The molecule has 0 aliphatic rings. The highest BCUT2D eigenvalue weighted by molar-refractivity contribution is 7.16. The van der Waals surface area contributed by atoms with Gasteiger partial charge in [0.1, 0.15) is 10.6 Å². The SMILES string of the molecule is CCOC(=O)c1sc([NH2+]/N=C/c2ccc(OC)cc2)nc1C.[Cl-]. The Labute approximate surface area is 144 Å². The summed E-state index contributed by atoms with van der Waals surface area (Å²) in [5, 5.41) is 4.90. The highest BCUT2D eigenvalue weighted by Crippen LogP contribution is 2.19. The van der Waals surface area contributed by atoms with Crippen LogP contribution >= 0.6 is 11.3 Å². The number of aromatic nitrogens is 1. The monoisotopic (exact) mass is 355 g/mol. The predicted octanol–water partition coefficient (Wildman–Crippen LogP) is -1.13. The van der Waals surface area contributed by atoms with Gasteiger partial charge in [0.25, 0.3) is 0 Å². The predicted molar refractivity (Wildman–Crippen MR) is 85.0 cm³/mol. The third-order valence-electron chi connectivity index (χ3n) is 2.80. The van der Waals surface area contributed by atoms with Crippen molar-refractivity contribution < 1.29 is 32.1 Å². The molecular formula is C15H18ClN3O3S. The van der Waals surface area contributed by atoms with Crippen molar-refractivity contribution in [1.29, 1.82) is 0 Å². The molecule has 2 aromatic rings. The average Bonchev–Trinajstić information content (AvgIpc) is 2.89. The van der Waals surface area contributed by atoms with Crippen LogP contribution in [-0.4, -0.2) is 30.9 Å². The van der Waals surface area contributed by atoms with Crippen LogP contribution in [0.4, 0.5) is 5.13 Å². The molecule has 2 N–H and O–H groups in total. The fourth-order valence-corrected chi connectivity index (χ4v) is 2.58. The van der Waals surface area contributed by atoms with Crippen molar-refractivity contribution >= 4 is 28.7 Å². The van der Waals surface area contributed by atoms with Gasteiger partial charge in [0.15, 0.2) is 0 Å². The minimum Gasteiger partial charge on any atom is -1.00 e. The lowest BCUT2D eigenvalue weighted by Crippen LogP contribution is -3.00. The first kappa shape index (κ1) is 19.1. The maximum atomic E-state index is 11.7. The Bertz CT molecular complexity index is 671. The molecule has 8 heteroatoms. The van der Waals surface area contributed by atoms with Gasteiger partial charge >= 0.3 is 11.1 Å². The number of thiazole rings is 1. The third kappa shape index (κ3) is 5.31. The van der Waals surface area contributed by atoms with E-state index in [2.05, 4.69) is 10.1 Å². The molecule has 1 aromatic carbocycles. The van der Waals surface area contributed by atoms with Gasteiger partial charge in [-0.1, -0.05) is 5.10 Å². The van der Waals surface area contributed by atoms with Gasteiger partial charge in [0.05, 0.1) is 25.6 Å². The number of halogens is 1. The second-order valence-corrected chi connectivity index (χ2v) is 5.40. The number of quaternary nitrogens is 1. The molecule has 0 bridgehead atoms. The molecule has 0 saturated carbocycles. The molecule has 0 fully saturated rings. The second-order valence-electron chi connectivity index (χ2n) is 4.37. The molecule has 0 radical (unpaired) electrons. The highest BCUT2D eigenvalue weighted by Gasteiger charge is 2.18. The van der Waals surface area contributed by atoms with Crippen LogP contribution in [0.15, 0.2) is 29.4 Å². The number of carbonyl (C=O) groups is 1. The molecule has 0 atom stereocenters. The Morgan fingerprint density at radius 1 is 1.39 bits per heavy atom. The molecule has 6 nitrogen and oxygen atoms in total. The van der Waals surface area contributed by atoms with Gasteiger partial charge in [0, 0.05) is 0 Å². The van der Waals surface area contributed by atoms with E-state index in [-0.39, 0.29) is 18.4 Å². The smallest absolute Gasteiger partial charge is 0.350 e. The summed E-state index contributed by atoms with van der Waals surface area (Å²) in [6, 6.07) is 7.56. The Hall–Kier alpha value is -1.96. The van der Waals surface area contributed by atoms with E-state index in [0.717, 1.165) is 11.3 Å². The maximum Gasteiger partial charge on any atom is 0.350 e. The summed E-state index contributed by atoms with van der Waals surface area (Å²) < 4.78 is 10.1. The first-order valence-electron chi connectivity index (χ1n) is 6.79. The number of nitrogens with zero attached hydrogens (tertiary/aromatic N) is 2. The topological polar surface area (TPSA) is 77.4 Å². The minimum atomic E-state index is -0.337. The number of ether oxygens (including phenoxy) is 2. The Balaban J connectivity index is 0.00000264. The molecule has 0 unspecified atom stereocenters. The van der Waals surface area contributed by atoms with E-state index < -0.39 is 0 Å². The van der Waals surface area contributed by atoms with Crippen LogP contribution in [0.3, 0.4) is 0 Å². The number of rotatable bonds is 6. The number of carbonyl (C=O) groups excluding carboxylic acids is 1. The number of benzene rings is 1. The van der Waals surface area contributed by atoms with Crippen LogP contribution < -0.4 is 22.6 Å². The Morgan fingerprint density at radius 3 is 2.70 bits per heavy atom. The molecule has 124 valence electrons. The summed E-state index contributed by atoms with van der Waals surface area (Å²) in [7, 11) is 1.63. The first-order chi connectivity index (χ1) is 10.6. The average molecular weight is 356 g/mol. The van der Waals surface area contributed by atoms with Gasteiger partial charge in [-0.15, -0.1) is 0 Å². The summed E-state index contributed by atoms with van der Waals surface area (Å²) >= 11 is 1.27. The van der Waals surface area contributed by atoms with Crippen molar-refractivity contribution in [3.05, 3.63) is 40.4 Å². The molecule has 0 aliphatic carbocycles. The van der Waals surface area contributed by atoms with Crippen molar-refractivity contribution in [2.45, 2.75) is 13.8 Å². The number of hydrogen-bond acceptors (Lipinski definition) is 6. The van der Waals surface area contributed by atoms with Gasteiger partial charge in [0.2, 0.25) is 0 Å². The van der Waals surface area contributed by atoms with Crippen molar-refractivity contribution in [1.82, 2.24) is 4.98 Å². The van der Waals surface area contributed by atoms with Gasteiger partial charge in [-0.25, -0.2) is 4.79 Å². The minimum absolute atomic E-state index is 0. The van der Waals surface area contributed by atoms with Crippen molar-refractivity contribution in [2.24, 2.45) is 5.10 Å². The zero-order chi connectivity index (χ0) is 15.9. The molecular weight excluding hydrogens is 338 g/mol. The first-order valence-corrected chi connectivity index (χ1v) is 7.60. The summed E-state index contributed by atoms with van der Waals surface area (Å²) in [5.41, 5.74) is 3.25. The van der Waals surface area contributed by atoms with Crippen molar-refractivity contribution in [3.8, 4) is 5.75 Å². The van der Waals surface area contributed by atoms with Crippen LogP contribution in [0.5, 0.6) is 5.75 Å². The van der Waals surface area contributed by atoms with Crippen LogP contribution in [0.25, 0.3) is 0 Å². The van der Waals surface area contributed by atoms with E-state index in [9.17, 15) is 4.79 Å². The van der Waals surface area contributed by atoms with Gasteiger partial charge in [-0.05, 0) is 55.0 Å². The van der Waals surface area contributed by atoms with E-state index >= 15 is 0 Å². The standard InChI is InChI=1S/C15H17N3O3S.ClH/c1-4-21-14(19)13-10(2)17-15(22-13)18-16-9-11-5-7-12(20-3)8-6-11;/h5-9H,4H2,1-3H3,(H,17,18);1H/b16-9+;. The molecule has 1 heterocycles. The summed E-state index contributed by atoms with van der Waals surface area (Å²) in [4.78, 5) is 16.5. The van der Waals surface area contributed by atoms with Crippen molar-refractivity contribution in [3.63, 3.8) is 0 Å². The van der Waals surface area contributed by atoms with E-state index in [0.29, 0.717) is 22.3 Å². The Morgan fingerprint density at radius 2 is 2.09 bits per heavy atom. The van der Waals surface area contributed by atoms with Crippen LogP contribution in [0.2, 0.25) is 0 Å². The number of esters is 1. The molecule has 0 saturated heterocycles. The van der Waals surface area contributed by atoms with Crippen LogP contribution in [0.1, 0.15) is 27.9 Å². The lowest BCUT2D eigenvalue weighted by atomic mass is 10.2. The number of hydrogen-bond donors (Lipinski definition) is 1. The lowest BCUT2D eigenvalue weighted by molar-refractivity contribution is -0.576. The van der Waals surface area contributed by atoms with E-state index in [1.54, 1.807) is 32.6 Å². The van der Waals surface area contributed by atoms with Gasteiger partial charge in [-0.3, -0.25) is 0 Å². The van der Waals surface area contributed by atoms with Gasteiger partial charge < -0.3 is 21.9 Å². The van der Waals surface area contributed by atoms with Crippen LogP contribution in [-0.2, 0) is 4.74 Å². The summed E-state index contributed by atoms with van der Waals surface area (Å²) in [6.07, 6.45) is 1.72. The molecule has 0 spiro atoms. The molecule has 23 heavy (non-hydrogen) atoms. The second kappa shape index (κ2) is 9.24. The third-order valence-corrected chi connectivity index (χ3v) is 3.87. The van der Waals surface area contributed by atoms with Crippen LogP contribution in [0, 0.1) is 6.92 Å². The fourth-order valence-electron chi connectivity index (χ4n) is 1.74. The van der Waals surface area contributed by atoms with E-state index in [1.807, 2.05) is 24.3 Å². The van der Waals surface area contributed by atoms with E-state index in [4.69, 9.17) is 9.47 Å². The zero-order valence-electron chi connectivity index (χ0n) is 13.1.